The van der Waals surface area contributed by atoms with E-state index in [1.807, 2.05) is 0 Å². The molecule has 0 aromatic rings. The van der Waals surface area contributed by atoms with Crippen LogP contribution in [0.2, 0.25) is 0 Å². The summed E-state index contributed by atoms with van der Waals surface area (Å²) in [5.74, 6) is -2.96. The van der Waals surface area contributed by atoms with Gasteiger partial charge in [0, 0.05) is 11.2 Å². The van der Waals surface area contributed by atoms with E-state index in [-0.39, 0.29) is 24.5 Å². The highest BCUT2D eigenvalue weighted by Crippen LogP contribution is 2.16. The molecule has 0 amide bonds. The zero-order valence-electron chi connectivity index (χ0n) is 11.6. The van der Waals surface area contributed by atoms with E-state index in [9.17, 15) is 18.0 Å². The third-order valence-corrected chi connectivity index (χ3v) is 3.64. The molecule has 0 spiro atoms. The topological polar surface area (TPSA) is 86.7 Å². The van der Waals surface area contributed by atoms with Crippen LogP contribution in [0.4, 0.5) is 0 Å². The molecule has 19 heavy (non-hydrogen) atoms. The average molecular weight is 292 g/mol. The fourth-order valence-electron chi connectivity index (χ4n) is 1.39. The number of hydrogen-bond donors (Lipinski definition) is 0. The quantitative estimate of drug-likeness (QED) is 0.515. The molecule has 0 saturated heterocycles. The van der Waals surface area contributed by atoms with E-state index in [1.54, 1.807) is 20.8 Å². The van der Waals surface area contributed by atoms with Crippen molar-refractivity contribution < 1.29 is 27.5 Å². The van der Waals surface area contributed by atoms with Crippen LogP contribution in [0.5, 0.6) is 0 Å². The van der Waals surface area contributed by atoms with Crippen LogP contribution in [0, 0.1) is 5.92 Å². The van der Waals surface area contributed by atoms with Crippen molar-refractivity contribution in [2.24, 2.45) is 5.92 Å². The number of hydrogen-bond acceptors (Lipinski definition) is 6. The van der Waals surface area contributed by atoms with Crippen LogP contribution in [0.15, 0.2) is 11.0 Å². The fraction of sp³-hybridized carbons (Fsp3) is 0.667. The van der Waals surface area contributed by atoms with E-state index < -0.39 is 27.7 Å². The molecule has 0 aliphatic carbocycles. The van der Waals surface area contributed by atoms with Crippen molar-refractivity contribution in [3.63, 3.8) is 0 Å². The highest BCUT2D eigenvalue weighted by atomic mass is 32.2. The summed E-state index contributed by atoms with van der Waals surface area (Å²) in [6, 6.07) is 0. The van der Waals surface area contributed by atoms with Crippen LogP contribution >= 0.6 is 0 Å². The Bertz CT molecular complexity index is 431. The molecule has 110 valence electrons. The smallest absolute Gasteiger partial charge is 0.324 e. The van der Waals surface area contributed by atoms with Crippen LogP contribution in [0.1, 0.15) is 27.2 Å². The largest absolute Gasteiger partial charge is 0.465 e. The summed E-state index contributed by atoms with van der Waals surface area (Å²) in [5.41, 5.74) is 0. The number of ether oxygens (including phenoxy) is 2. The number of sulfone groups is 1. The molecule has 6 nitrogen and oxygen atoms in total. The predicted octanol–water partition coefficient (Wildman–Crippen LogP) is 1.07. The van der Waals surface area contributed by atoms with Gasteiger partial charge in [-0.15, -0.1) is 0 Å². The first-order chi connectivity index (χ1) is 8.77. The maximum atomic E-state index is 11.7. The van der Waals surface area contributed by atoms with Crippen LogP contribution < -0.4 is 0 Å². The summed E-state index contributed by atoms with van der Waals surface area (Å²) >= 11 is 0. The van der Waals surface area contributed by atoms with Crippen molar-refractivity contribution in [3.05, 3.63) is 11.0 Å². The van der Waals surface area contributed by atoms with Gasteiger partial charge in [-0.1, -0.05) is 6.92 Å². The second-order valence-corrected chi connectivity index (χ2v) is 5.81. The predicted molar refractivity (Wildman–Crippen MR) is 70.0 cm³/mol. The minimum atomic E-state index is -3.46. The first kappa shape index (κ1) is 17.6. The molecule has 0 aliphatic rings. The van der Waals surface area contributed by atoms with E-state index >= 15 is 0 Å². The van der Waals surface area contributed by atoms with Gasteiger partial charge in [-0.2, -0.15) is 0 Å². The number of esters is 2. The molecule has 0 rings (SSSR count). The van der Waals surface area contributed by atoms with Gasteiger partial charge in [0.2, 0.25) is 0 Å². The lowest BCUT2D eigenvalue weighted by atomic mass is 10.1. The Hall–Kier alpha value is -1.37. The van der Waals surface area contributed by atoms with Crippen LogP contribution in [-0.2, 0) is 28.9 Å². The van der Waals surface area contributed by atoms with E-state index in [2.05, 4.69) is 0 Å². The SMILES string of the molecule is CCOC(=O)C(/C=C(/CC)S(C)(=O)=O)C(=O)OCC. The van der Waals surface area contributed by atoms with E-state index in [1.165, 1.54) is 0 Å². The summed E-state index contributed by atoms with van der Waals surface area (Å²) in [6.45, 7) is 5.02. The van der Waals surface area contributed by atoms with Gasteiger partial charge >= 0.3 is 11.9 Å². The van der Waals surface area contributed by atoms with E-state index in [4.69, 9.17) is 9.47 Å². The Morgan fingerprint density at radius 2 is 1.47 bits per heavy atom. The third-order valence-electron chi connectivity index (χ3n) is 2.26. The molecule has 0 fully saturated rings. The first-order valence-electron chi connectivity index (χ1n) is 6.01. The number of allylic oxidation sites excluding steroid dienone is 1. The molecular formula is C12H20O6S. The summed E-state index contributed by atoms with van der Waals surface area (Å²) in [4.78, 5) is 23.4. The van der Waals surface area contributed by atoms with Crippen molar-refractivity contribution in [3.8, 4) is 0 Å². The van der Waals surface area contributed by atoms with Gasteiger partial charge < -0.3 is 9.47 Å². The van der Waals surface area contributed by atoms with Gasteiger partial charge in [-0.25, -0.2) is 8.42 Å². The molecule has 0 aromatic heterocycles. The lowest BCUT2D eigenvalue weighted by molar-refractivity contribution is -0.158. The molecule has 0 radical (unpaired) electrons. The third kappa shape index (κ3) is 5.87. The molecule has 0 saturated carbocycles. The molecule has 0 N–H and O–H groups in total. The van der Waals surface area contributed by atoms with Crippen molar-refractivity contribution in [2.45, 2.75) is 27.2 Å². The van der Waals surface area contributed by atoms with Gasteiger partial charge in [-0.3, -0.25) is 9.59 Å². The molecule has 0 bridgehead atoms. The maximum Gasteiger partial charge on any atom is 0.324 e. The Morgan fingerprint density at radius 3 is 1.74 bits per heavy atom. The van der Waals surface area contributed by atoms with Gasteiger partial charge in [-0.05, 0) is 26.3 Å². The van der Waals surface area contributed by atoms with Crippen molar-refractivity contribution in [1.29, 1.82) is 0 Å². The van der Waals surface area contributed by atoms with Gasteiger partial charge in [0.15, 0.2) is 15.8 Å². The minimum Gasteiger partial charge on any atom is -0.465 e. The van der Waals surface area contributed by atoms with Gasteiger partial charge in [0.25, 0.3) is 0 Å². The Labute approximate surface area is 113 Å². The van der Waals surface area contributed by atoms with Gasteiger partial charge in [0.1, 0.15) is 0 Å². The standard InChI is InChI=1S/C12H20O6S/c1-5-9(19(4,15)16)8-10(11(13)17-6-2)12(14)18-7-3/h8,10H,5-7H2,1-4H3/b9-8-. The first-order valence-corrected chi connectivity index (χ1v) is 7.91. The summed E-state index contributed by atoms with van der Waals surface area (Å²) in [7, 11) is -3.46. The minimum absolute atomic E-state index is 0.0126. The summed E-state index contributed by atoms with van der Waals surface area (Å²) in [6.07, 6.45) is 2.31. The Kier molecular flexibility index (Phi) is 7.36. The summed E-state index contributed by atoms with van der Waals surface area (Å²) in [5, 5.41) is 0. The van der Waals surface area contributed by atoms with Crippen molar-refractivity contribution in [2.75, 3.05) is 19.5 Å². The zero-order chi connectivity index (χ0) is 15.1. The molecule has 0 atom stereocenters. The Balaban J connectivity index is 5.41. The van der Waals surface area contributed by atoms with E-state index in [0.717, 1.165) is 12.3 Å². The van der Waals surface area contributed by atoms with Crippen LogP contribution in [0.3, 0.4) is 0 Å². The molecule has 0 aliphatic heterocycles. The second-order valence-electron chi connectivity index (χ2n) is 3.74. The monoisotopic (exact) mass is 292 g/mol. The number of carbonyl (C=O) groups excluding carboxylic acids is 2. The van der Waals surface area contributed by atoms with Gasteiger partial charge in [0.05, 0.1) is 13.2 Å². The van der Waals surface area contributed by atoms with Crippen molar-refractivity contribution in [1.82, 2.24) is 0 Å². The lowest BCUT2D eigenvalue weighted by Gasteiger charge is -2.12. The number of rotatable bonds is 7. The van der Waals surface area contributed by atoms with Crippen LogP contribution in [-0.4, -0.2) is 39.8 Å². The lowest BCUT2D eigenvalue weighted by Crippen LogP contribution is -2.27. The number of carbonyl (C=O) groups is 2. The molecule has 7 heteroatoms. The van der Waals surface area contributed by atoms with Crippen molar-refractivity contribution >= 4 is 21.8 Å². The highest BCUT2D eigenvalue weighted by molar-refractivity contribution is 7.94. The Morgan fingerprint density at radius 1 is 1.05 bits per heavy atom. The molecular weight excluding hydrogens is 272 g/mol. The maximum absolute atomic E-state index is 11.7. The molecule has 0 heterocycles. The van der Waals surface area contributed by atoms with E-state index in [0.29, 0.717) is 0 Å². The molecule has 0 aromatic carbocycles. The second kappa shape index (κ2) is 7.93. The molecule has 0 unspecified atom stereocenters. The average Bonchev–Trinajstić information content (AvgIpc) is 2.28. The zero-order valence-corrected chi connectivity index (χ0v) is 12.5. The van der Waals surface area contributed by atoms with Crippen LogP contribution in [0.25, 0.3) is 0 Å². The summed E-state index contributed by atoms with van der Waals surface area (Å²) < 4.78 is 32.5. The fourth-order valence-corrected chi connectivity index (χ4v) is 2.29. The highest BCUT2D eigenvalue weighted by Gasteiger charge is 2.29. The normalized spacial score (nSPS) is 12.4.